The second kappa shape index (κ2) is 21.5. The molecule has 0 saturated carbocycles. The van der Waals surface area contributed by atoms with Gasteiger partial charge in [-0.1, -0.05) is 6.42 Å². The van der Waals surface area contributed by atoms with Gasteiger partial charge in [-0.25, -0.2) is 4.79 Å². The summed E-state index contributed by atoms with van der Waals surface area (Å²) in [5, 5.41) is 17.3. The van der Waals surface area contributed by atoms with Crippen LogP contribution >= 0.6 is 11.8 Å². The van der Waals surface area contributed by atoms with E-state index in [1.54, 1.807) is 0 Å². The molecule has 0 aromatic carbocycles. The topological polar surface area (TPSA) is 305 Å². The van der Waals surface area contributed by atoms with E-state index in [9.17, 15) is 24.3 Å². The Bertz CT molecular complexity index is 851. The average Bonchev–Trinajstić information content (AvgIpc) is 2.89. The van der Waals surface area contributed by atoms with Crippen LogP contribution in [0.15, 0.2) is 9.98 Å². The standard InChI is InChI=1S/C23H47N11O5S/c1-40-13-9-17(21(38)39)34-20(37)16(8-5-12-31-23(28)29)33-19(36)15(7-4-11-30-22(26)27)32-18(35)14(25)6-2-3-10-24/h14-17H,2-13,24-25H2,1H3,(H,32,35)(H,33,36)(H,34,37)(H,38,39)(H4,26,27,30)(H4,28,29,31). The molecule has 0 aliphatic heterocycles. The van der Waals surface area contributed by atoms with Gasteiger partial charge in [-0.05, 0) is 63.5 Å². The minimum Gasteiger partial charge on any atom is -0.480 e. The maximum Gasteiger partial charge on any atom is 0.326 e. The van der Waals surface area contributed by atoms with Gasteiger partial charge in [0.15, 0.2) is 11.9 Å². The molecule has 16 nitrogen and oxygen atoms in total. The van der Waals surface area contributed by atoms with Crippen molar-refractivity contribution in [3.05, 3.63) is 0 Å². The number of guanidine groups is 2. The number of hydrogen-bond donors (Lipinski definition) is 10. The number of aliphatic imine (C=N–C) groups is 2. The predicted molar refractivity (Wildman–Crippen MR) is 157 cm³/mol. The lowest BCUT2D eigenvalue weighted by atomic mass is 10.1. The van der Waals surface area contributed by atoms with E-state index in [1.807, 2.05) is 6.26 Å². The van der Waals surface area contributed by atoms with Crippen molar-refractivity contribution in [3.8, 4) is 0 Å². The summed E-state index contributed by atoms with van der Waals surface area (Å²) < 4.78 is 0. The van der Waals surface area contributed by atoms with Crippen molar-refractivity contribution in [1.82, 2.24) is 16.0 Å². The summed E-state index contributed by atoms with van der Waals surface area (Å²) in [7, 11) is 0. The van der Waals surface area contributed by atoms with E-state index >= 15 is 0 Å². The number of carbonyl (C=O) groups is 4. The molecule has 0 bridgehead atoms. The molecule has 0 fully saturated rings. The van der Waals surface area contributed by atoms with E-state index in [0.29, 0.717) is 44.4 Å². The highest BCUT2D eigenvalue weighted by Crippen LogP contribution is 2.07. The number of rotatable bonds is 22. The number of hydrogen-bond acceptors (Lipinski definition) is 9. The first-order chi connectivity index (χ1) is 18.9. The van der Waals surface area contributed by atoms with Gasteiger partial charge in [-0.3, -0.25) is 24.4 Å². The number of nitrogens with one attached hydrogen (secondary N) is 3. The Hall–Kier alpha value is -3.31. The van der Waals surface area contributed by atoms with E-state index in [4.69, 9.17) is 34.4 Å². The van der Waals surface area contributed by atoms with Crippen LogP contribution in [-0.4, -0.2) is 96.5 Å². The van der Waals surface area contributed by atoms with Gasteiger partial charge in [-0.2, -0.15) is 11.8 Å². The molecule has 3 amide bonds. The van der Waals surface area contributed by atoms with Crippen LogP contribution in [0, 0.1) is 0 Å². The monoisotopic (exact) mass is 589 g/mol. The molecule has 0 aliphatic carbocycles. The Morgan fingerprint density at radius 1 is 0.725 bits per heavy atom. The molecule has 0 rings (SSSR count). The van der Waals surface area contributed by atoms with Crippen molar-refractivity contribution in [2.75, 3.05) is 31.6 Å². The van der Waals surface area contributed by atoms with Crippen LogP contribution in [0.4, 0.5) is 0 Å². The predicted octanol–water partition coefficient (Wildman–Crippen LogP) is -3.16. The molecule has 17 heteroatoms. The lowest BCUT2D eigenvalue weighted by Gasteiger charge is -2.25. The number of nitrogens with two attached hydrogens (primary N) is 6. The molecule has 0 aromatic rings. The summed E-state index contributed by atoms with van der Waals surface area (Å²) in [4.78, 5) is 58.5. The van der Waals surface area contributed by atoms with Gasteiger partial charge in [0, 0.05) is 13.1 Å². The first-order valence-corrected chi connectivity index (χ1v) is 14.5. The van der Waals surface area contributed by atoms with E-state index in [2.05, 4.69) is 25.9 Å². The molecule has 230 valence electrons. The van der Waals surface area contributed by atoms with E-state index in [0.717, 1.165) is 0 Å². The number of aliphatic carboxylic acids is 1. The van der Waals surface area contributed by atoms with Crippen molar-refractivity contribution < 1.29 is 24.3 Å². The summed E-state index contributed by atoms with van der Waals surface area (Å²) >= 11 is 1.44. The largest absolute Gasteiger partial charge is 0.480 e. The van der Waals surface area contributed by atoms with Crippen molar-refractivity contribution in [3.63, 3.8) is 0 Å². The zero-order valence-corrected chi connectivity index (χ0v) is 24.0. The highest BCUT2D eigenvalue weighted by Gasteiger charge is 2.30. The van der Waals surface area contributed by atoms with Crippen LogP contribution in [0.2, 0.25) is 0 Å². The highest BCUT2D eigenvalue weighted by molar-refractivity contribution is 7.98. The fraction of sp³-hybridized carbons (Fsp3) is 0.739. The average molecular weight is 590 g/mol. The molecule has 4 unspecified atom stereocenters. The molecule has 0 aliphatic rings. The molecule has 0 heterocycles. The first kappa shape index (κ1) is 36.7. The Kier molecular flexibility index (Phi) is 19.7. The molecule has 0 saturated heterocycles. The van der Waals surface area contributed by atoms with Gasteiger partial charge in [0.2, 0.25) is 17.7 Å². The Balaban J connectivity index is 5.70. The van der Waals surface area contributed by atoms with Crippen LogP contribution in [0.25, 0.3) is 0 Å². The van der Waals surface area contributed by atoms with E-state index in [1.165, 1.54) is 11.8 Å². The zero-order valence-electron chi connectivity index (χ0n) is 23.1. The summed E-state index contributed by atoms with van der Waals surface area (Å²) in [6, 6.07) is -4.17. The number of carboxylic acids is 1. The van der Waals surface area contributed by atoms with E-state index in [-0.39, 0.29) is 44.3 Å². The Labute approximate surface area is 239 Å². The second-order valence-corrected chi connectivity index (χ2v) is 10.1. The third-order valence-electron chi connectivity index (χ3n) is 5.69. The zero-order chi connectivity index (χ0) is 30.5. The minimum absolute atomic E-state index is 0.108. The number of amides is 3. The summed E-state index contributed by atoms with van der Waals surface area (Å²) in [5.41, 5.74) is 32.9. The fourth-order valence-corrected chi connectivity index (χ4v) is 3.97. The van der Waals surface area contributed by atoms with Gasteiger partial charge in [0.25, 0.3) is 0 Å². The first-order valence-electron chi connectivity index (χ1n) is 13.1. The number of carbonyl (C=O) groups excluding carboxylic acids is 3. The highest BCUT2D eigenvalue weighted by atomic mass is 32.2. The number of unbranched alkanes of at least 4 members (excludes halogenated alkanes) is 1. The molecular formula is C23H47N11O5S. The van der Waals surface area contributed by atoms with Gasteiger partial charge in [-0.15, -0.1) is 0 Å². The maximum atomic E-state index is 13.3. The molecule has 40 heavy (non-hydrogen) atoms. The number of nitrogens with zero attached hydrogens (tertiary/aromatic N) is 2. The van der Waals surface area contributed by atoms with Gasteiger partial charge >= 0.3 is 5.97 Å². The fourth-order valence-electron chi connectivity index (χ4n) is 3.50. The van der Waals surface area contributed by atoms with E-state index < -0.39 is 47.9 Å². The molecule has 0 radical (unpaired) electrons. The SMILES string of the molecule is CSCCC(NC(=O)C(CCCN=C(N)N)NC(=O)C(CCCN=C(N)N)NC(=O)C(N)CCCCN)C(=O)O. The number of carboxylic acid groups (broad SMARTS) is 1. The molecule has 0 spiro atoms. The van der Waals surface area contributed by atoms with Crippen molar-refractivity contribution >= 4 is 47.4 Å². The molecular weight excluding hydrogens is 542 g/mol. The van der Waals surface area contributed by atoms with Crippen LogP contribution in [0.1, 0.15) is 51.4 Å². The van der Waals surface area contributed by atoms with Gasteiger partial charge < -0.3 is 55.5 Å². The minimum atomic E-state index is -1.19. The van der Waals surface area contributed by atoms with Crippen molar-refractivity contribution in [2.45, 2.75) is 75.5 Å². The van der Waals surface area contributed by atoms with Crippen LogP contribution in [-0.2, 0) is 19.2 Å². The summed E-state index contributed by atoms with van der Waals surface area (Å²) in [5.74, 6) is -2.79. The quantitative estimate of drug-likeness (QED) is 0.0340. The van der Waals surface area contributed by atoms with Crippen molar-refractivity contribution in [2.24, 2.45) is 44.4 Å². The van der Waals surface area contributed by atoms with Gasteiger partial charge in [0.1, 0.15) is 18.1 Å². The number of thioether (sulfide) groups is 1. The van der Waals surface area contributed by atoms with Crippen LogP contribution < -0.4 is 50.4 Å². The van der Waals surface area contributed by atoms with Gasteiger partial charge in [0.05, 0.1) is 6.04 Å². The Morgan fingerprint density at radius 2 is 1.20 bits per heavy atom. The summed E-state index contributed by atoms with van der Waals surface area (Å²) in [6.07, 6.45) is 4.66. The molecule has 0 aromatic heterocycles. The Morgan fingerprint density at radius 3 is 1.62 bits per heavy atom. The maximum absolute atomic E-state index is 13.3. The molecule has 4 atom stereocenters. The normalized spacial score (nSPS) is 13.7. The summed E-state index contributed by atoms with van der Waals surface area (Å²) in [6.45, 7) is 0.868. The van der Waals surface area contributed by atoms with Crippen LogP contribution in [0.5, 0.6) is 0 Å². The van der Waals surface area contributed by atoms with Crippen LogP contribution in [0.3, 0.4) is 0 Å². The van der Waals surface area contributed by atoms with Crippen molar-refractivity contribution in [1.29, 1.82) is 0 Å². The lowest BCUT2D eigenvalue weighted by molar-refractivity contribution is -0.142. The third-order valence-corrected chi connectivity index (χ3v) is 6.33. The smallest absolute Gasteiger partial charge is 0.326 e. The lowest BCUT2D eigenvalue weighted by Crippen LogP contribution is -2.57. The third kappa shape index (κ3) is 17.3. The molecule has 16 N–H and O–H groups in total. The second-order valence-electron chi connectivity index (χ2n) is 9.09.